The zero-order valence-corrected chi connectivity index (χ0v) is 23.8. The van der Waals surface area contributed by atoms with E-state index >= 15 is 0 Å². The molecule has 11 nitrogen and oxygen atoms in total. The Morgan fingerprint density at radius 3 is 2.62 bits per heavy atom. The van der Waals surface area contributed by atoms with E-state index in [4.69, 9.17) is 19.6 Å². The van der Waals surface area contributed by atoms with Gasteiger partial charge in [-0.15, -0.1) is 0 Å². The van der Waals surface area contributed by atoms with Crippen LogP contribution in [0.25, 0.3) is 0 Å². The number of nitrogens with zero attached hydrogens (tertiary/aromatic N) is 8. The predicted molar refractivity (Wildman–Crippen MR) is 149 cm³/mol. The number of nitro benzene ring substituents is 1. The summed E-state index contributed by atoms with van der Waals surface area (Å²) in [5, 5.41) is 26.3. The minimum Gasteiger partial charge on any atom is -0.379 e. The zero-order valence-electron chi connectivity index (χ0n) is 21.3. The molecule has 3 heterocycles. The molecule has 1 unspecified atom stereocenters. The van der Waals surface area contributed by atoms with Crippen molar-refractivity contribution in [3.63, 3.8) is 0 Å². The Labute approximate surface area is 232 Å². The van der Waals surface area contributed by atoms with Gasteiger partial charge in [-0.25, -0.2) is 23.5 Å². The topological polar surface area (TPSA) is 125 Å². The van der Waals surface area contributed by atoms with Gasteiger partial charge >= 0.3 is 0 Å². The number of hydrogen-bond donors (Lipinski definition) is 0. The monoisotopic (exact) mass is 614 g/mol. The van der Waals surface area contributed by atoms with Crippen LogP contribution >= 0.6 is 23.3 Å². The van der Waals surface area contributed by atoms with Gasteiger partial charge in [-0.1, -0.05) is 0 Å². The number of benzene rings is 2. The first-order chi connectivity index (χ1) is 18.8. The van der Waals surface area contributed by atoms with Crippen molar-refractivity contribution in [2.45, 2.75) is 19.9 Å². The second-order valence-corrected chi connectivity index (χ2v) is 12.8. The fraction of sp³-hybridized carbons (Fsp3) is 0.320. The summed E-state index contributed by atoms with van der Waals surface area (Å²) in [5.41, 5.74) is 1.93. The SMILES string of the molecule is Cc1nn(CCC#N)c2c1P(=Nc1ccc([N+](=O)[O-])cc1Br)(N1CCOCC1)N(C)C(c1ccc(F)cc1)=N2. The molecule has 0 spiro atoms. The highest BCUT2D eigenvalue weighted by atomic mass is 79.9. The van der Waals surface area contributed by atoms with Crippen LogP contribution in [0.15, 0.2) is 56.7 Å². The molecule has 2 aliphatic heterocycles. The number of ether oxygens (including phenoxy) is 1. The molecule has 0 amide bonds. The summed E-state index contributed by atoms with van der Waals surface area (Å²) in [7, 11) is -0.976. The predicted octanol–water partition coefficient (Wildman–Crippen LogP) is 5.26. The smallest absolute Gasteiger partial charge is 0.270 e. The number of aromatic nitrogens is 2. The van der Waals surface area contributed by atoms with Gasteiger partial charge in [-0.05, 0) is 53.2 Å². The van der Waals surface area contributed by atoms with Crippen molar-refractivity contribution in [1.29, 1.82) is 5.26 Å². The highest BCUT2D eigenvalue weighted by molar-refractivity contribution is 9.10. The molecule has 5 rings (SSSR count). The van der Waals surface area contributed by atoms with E-state index in [1.165, 1.54) is 24.3 Å². The number of amidine groups is 1. The molecule has 0 bridgehead atoms. The van der Waals surface area contributed by atoms with Crippen LogP contribution < -0.4 is 5.30 Å². The molecule has 1 saturated heterocycles. The number of aryl methyl sites for hydroxylation is 2. The average molecular weight is 615 g/mol. The van der Waals surface area contributed by atoms with Crippen molar-refractivity contribution < 1.29 is 14.1 Å². The van der Waals surface area contributed by atoms with Crippen molar-refractivity contribution in [2.24, 2.45) is 9.74 Å². The summed E-state index contributed by atoms with van der Waals surface area (Å²) in [6, 6.07) is 12.8. The van der Waals surface area contributed by atoms with Crippen LogP contribution in [0.1, 0.15) is 17.7 Å². The number of non-ortho nitro benzene ring substituents is 1. The number of fused-ring (bicyclic) bond motifs is 1. The number of rotatable bonds is 6. The Balaban J connectivity index is 1.84. The molecule has 2 aliphatic rings. The Kier molecular flexibility index (Phi) is 7.64. The molecule has 1 aromatic heterocycles. The molecular formula is C25H25BrFN8O3P. The Hall–Kier alpha value is -3.43. The summed E-state index contributed by atoms with van der Waals surface area (Å²) in [6.45, 7) is 4.44. The van der Waals surface area contributed by atoms with Crippen LogP contribution in [0.5, 0.6) is 0 Å². The standard InChI is InChI=1S/C25H25BrFN8O3P/c1-17-23-25(34(30-17)11-3-10-28)29-24(18-4-6-19(27)7-5-18)32(2)39(23,33-12-14-38-15-13-33)31-22-9-8-20(35(36)37)16-21(22)26/h4-9,16H,3,11-15H2,1-2H3. The number of nitro groups is 1. The Morgan fingerprint density at radius 2 is 1.97 bits per heavy atom. The summed E-state index contributed by atoms with van der Waals surface area (Å²) in [6.07, 6.45) is 0.249. The van der Waals surface area contributed by atoms with Gasteiger partial charge in [0.05, 0.1) is 58.3 Å². The van der Waals surface area contributed by atoms with Gasteiger partial charge in [0.25, 0.3) is 5.69 Å². The van der Waals surface area contributed by atoms with Gasteiger partial charge in [0.2, 0.25) is 0 Å². The number of halogens is 2. The molecule has 202 valence electrons. The van der Waals surface area contributed by atoms with Gasteiger partial charge in [0, 0.05) is 37.8 Å². The average Bonchev–Trinajstić information content (AvgIpc) is 3.25. The Bertz CT molecular complexity index is 1560. The first-order valence-corrected chi connectivity index (χ1v) is 14.6. The minimum absolute atomic E-state index is 0.0497. The van der Waals surface area contributed by atoms with E-state index < -0.39 is 12.3 Å². The van der Waals surface area contributed by atoms with Crippen LogP contribution in [0.4, 0.5) is 21.6 Å². The fourth-order valence-corrected chi connectivity index (χ4v) is 9.27. The summed E-state index contributed by atoms with van der Waals surface area (Å²) in [5.74, 6) is 0.825. The first kappa shape index (κ1) is 27.1. The zero-order chi connectivity index (χ0) is 27.7. The maximum atomic E-state index is 13.9. The maximum Gasteiger partial charge on any atom is 0.270 e. The van der Waals surface area contributed by atoms with Crippen molar-refractivity contribution in [3.8, 4) is 6.07 Å². The number of nitriles is 1. The molecule has 2 aromatic carbocycles. The summed E-state index contributed by atoms with van der Waals surface area (Å²) in [4.78, 5) is 16.0. The van der Waals surface area contributed by atoms with Crippen LogP contribution in [-0.2, 0) is 11.3 Å². The van der Waals surface area contributed by atoms with E-state index in [-0.39, 0.29) is 17.9 Å². The quantitative estimate of drug-likeness (QED) is 0.211. The number of morpholine rings is 1. The molecule has 14 heteroatoms. The maximum absolute atomic E-state index is 13.9. The van der Waals surface area contributed by atoms with E-state index in [0.29, 0.717) is 60.2 Å². The number of aliphatic imine (C=N–C) groups is 1. The lowest BCUT2D eigenvalue weighted by atomic mass is 10.2. The molecule has 1 atom stereocenters. The molecule has 39 heavy (non-hydrogen) atoms. The number of hydrogen-bond acceptors (Lipinski definition) is 7. The summed E-state index contributed by atoms with van der Waals surface area (Å²) >= 11 is 3.51. The van der Waals surface area contributed by atoms with Gasteiger partial charge in [0.1, 0.15) is 11.7 Å². The van der Waals surface area contributed by atoms with Crippen LogP contribution in [0, 0.1) is 34.2 Å². The van der Waals surface area contributed by atoms with Crippen molar-refractivity contribution in [1.82, 2.24) is 19.1 Å². The van der Waals surface area contributed by atoms with Crippen LogP contribution in [-0.4, -0.2) is 63.2 Å². The normalized spacial score (nSPS) is 19.3. The second-order valence-electron chi connectivity index (χ2n) is 8.98. The van der Waals surface area contributed by atoms with Crippen molar-refractivity contribution >= 4 is 51.6 Å². The minimum atomic E-state index is -2.90. The van der Waals surface area contributed by atoms with E-state index in [1.54, 1.807) is 22.9 Å². The van der Waals surface area contributed by atoms with Crippen molar-refractivity contribution in [3.05, 3.63) is 74.1 Å². The highest BCUT2D eigenvalue weighted by Crippen LogP contribution is 2.62. The third-order valence-corrected chi connectivity index (χ3v) is 11.1. The third kappa shape index (κ3) is 4.89. The van der Waals surface area contributed by atoms with Gasteiger partial charge in [0.15, 0.2) is 13.2 Å². The molecular weight excluding hydrogens is 590 g/mol. The largest absolute Gasteiger partial charge is 0.379 e. The molecule has 0 saturated carbocycles. The van der Waals surface area contributed by atoms with E-state index in [1.807, 2.05) is 18.6 Å². The highest BCUT2D eigenvalue weighted by Gasteiger charge is 2.45. The van der Waals surface area contributed by atoms with E-state index in [9.17, 15) is 19.8 Å². The lowest BCUT2D eigenvalue weighted by Crippen LogP contribution is -2.45. The van der Waals surface area contributed by atoms with E-state index in [2.05, 4.69) is 26.7 Å². The summed E-state index contributed by atoms with van der Waals surface area (Å²) < 4.78 is 31.5. The van der Waals surface area contributed by atoms with Crippen LogP contribution in [0.3, 0.4) is 0 Å². The molecule has 3 aromatic rings. The van der Waals surface area contributed by atoms with Gasteiger partial charge in [-0.2, -0.15) is 10.4 Å². The molecule has 0 N–H and O–H groups in total. The lowest BCUT2D eigenvalue weighted by Gasteiger charge is -2.46. The molecule has 0 radical (unpaired) electrons. The van der Waals surface area contributed by atoms with Crippen LogP contribution in [0.2, 0.25) is 0 Å². The third-order valence-electron chi connectivity index (χ3n) is 6.62. The van der Waals surface area contributed by atoms with Gasteiger partial charge in [-0.3, -0.25) is 10.1 Å². The van der Waals surface area contributed by atoms with Gasteiger partial charge < -0.3 is 9.41 Å². The van der Waals surface area contributed by atoms with E-state index in [0.717, 1.165) is 11.0 Å². The second kappa shape index (κ2) is 11.0. The van der Waals surface area contributed by atoms with Crippen molar-refractivity contribution in [2.75, 3.05) is 33.4 Å². The fourth-order valence-electron chi connectivity index (χ4n) is 4.82. The molecule has 0 aliphatic carbocycles. The lowest BCUT2D eigenvalue weighted by molar-refractivity contribution is -0.384. The Morgan fingerprint density at radius 1 is 1.26 bits per heavy atom. The first-order valence-electron chi connectivity index (χ1n) is 12.2. The molecule has 1 fully saturated rings.